The number of ether oxygens (including phenoxy) is 2. The predicted molar refractivity (Wildman–Crippen MR) is 125 cm³/mol. The van der Waals surface area contributed by atoms with Crippen LogP contribution in [0.5, 0.6) is 0 Å². The molecule has 0 saturated carbocycles. The minimum atomic E-state index is -0.965. The van der Waals surface area contributed by atoms with E-state index in [1.165, 1.54) is 64.7 Å². The molecule has 32 heavy (non-hydrogen) atoms. The molecule has 0 aliphatic heterocycles. The summed E-state index contributed by atoms with van der Waals surface area (Å²) in [6, 6.07) is 0. The highest BCUT2D eigenvalue weighted by Crippen LogP contribution is 2.16. The quantitative estimate of drug-likeness (QED) is 0.162. The summed E-state index contributed by atoms with van der Waals surface area (Å²) in [5, 5.41) is 28.2. The molecule has 0 amide bonds. The molecule has 0 heterocycles. The second-order valence-electron chi connectivity index (χ2n) is 8.82. The van der Waals surface area contributed by atoms with Crippen molar-refractivity contribution in [2.45, 2.75) is 135 Å². The minimum Gasteiger partial charge on any atom is -0.462 e. The van der Waals surface area contributed by atoms with Crippen molar-refractivity contribution in [2.24, 2.45) is 0 Å². The van der Waals surface area contributed by atoms with Crippen LogP contribution in [-0.2, 0) is 19.1 Å². The molecule has 7 heteroatoms. The fourth-order valence-corrected chi connectivity index (χ4v) is 3.76. The lowest BCUT2D eigenvalue weighted by Gasteiger charge is -2.19. The van der Waals surface area contributed by atoms with Crippen LogP contribution in [0, 0.1) is 0 Å². The van der Waals surface area contributed by atoms with Crippen molar-refractivity contribution in [3.8, 4) is 0 Å². The topological polar surface area (TPSA) is 113 Å². The number of carbonyl (C=O) groups excluding carboxylic acids is 2. The molecular weight excluding hydrogens is 412 g/mol. The van der Waals surface area contributed by atoms with E-state index in [-0.39, 0.29) is 12.5 Å². The minimum absolute atomic E-state index is 0.134. The van der Waals surface area contributed by atoms with Gasteiger partial charge in [0, 0.05) is 6.92 Å². The molecule has 0 aromatic rings. The fourth-order valence-electron chi connectivity index (χ4n) is 3.76. The van der Waals surface area contributed by atoms with Gasteiger partial charge in [0.2, 0.25) is 0 Å². The monoisotopic (exact) mass is 460 g/mol. The molecule has 0 fully saturated rings. The number of hydrogen-bond donors (Lipinski definition) is 3. The Morgan fingerprint density at radius 2 is 1.19 bits per heavy atom. The van der Waals surface area contributed by atoms with E-state index in [4.69, 9.17) is 19.7 Å². The van der Waals surface area contributed by atoms with Gasteiger partial charge in [0.05, 0.1) is 25.7 Å². The summed E-state index contributed by atoms with van der Waals surface area (Å²) in [5.74, 6) is -1.11. The molecule has 0 rings (SSSR count). The zero-order chi connectivity index (χ0) is 24.0. The van der Waals surface area contributed by atoms with E-state index in [0.717, 1.165) is 19.3 Å². The molecule has 0 radical (unpaired) electrons. The van der Waals surface area contributed by atoms with Crippen LogP contribution >= 0.6 is 0 Å². The predicted octanol–water partition coefficient (Wildman–Crippen LogP) is 4.44. The molecule has 0 aliphatic rings. The largest absolute Gasteiger partial charge is 0.462 e. The normalized spacial score (nSPS) is 13.2. The Bertz CT molecular complexity index is 452. The third kappa shape index (κ3) is 19.5. The van der Waals surface area contributed by atoms with Gasteiger partial charge in [-0.15, -0.1) is 0 Å². The fraction of sp³-hybridized carbons (Fsp3) is 0.920. The molecule has 0 saturated heterocycles. The number of carbonyl (C=O) groups is 2. The van der Waals surface area contributed by atoms with Gasteiger partial charge in [-0.05, 0) is 25.7 Å². The first-order chi connectivity index (χ1) is 15.4. The SMILES string of the molecule is CCCCCCCCCCCCCC(O)CCCC(CC(=O)OC(CO)CO)OC(C)=O. The second kappa shape index (κ2) is 21.7. The molecule has 2 unspecified atom stereocenters. The molecule has 3 N–H and O–H groups in total. The van der Waals surface area contributed by atoms with E-state index in [9.17, 15) is 14.7 Å². The molecule has 0 spiro atoms. The molecular formula is C25H48O7. The summed E-state index contributed by atoms with van der Waals surface area (Å²) < 4.78 is 10.1. The van der Waals surface area contributed by atoms with Crippen molar-refractivity contribution in [3.05, 3.63) is 0 Å². The summed E-state index contributed by atoms with van der Waals surface area (Å²) >= 11 is 0. The zero-order valence-corrected chi connectivity index (χ0v) is 20.4. The molecule has 2 atom stereocenters. The molecule has 190 valence electrons. The highest BCUT2D eigenvalue weighted by atomic mass is 16.6. The third-order valence-corrected chi connectivity index (χ3v) is 5.64. The Balaban J connectivity index is 3.86. The van der Waals surface area contributed by atoms with Crippen molar-refractivity contribution < 1.29 is 34.4 Å². The number of esters is 2. The van der Waals surface area contributed by atoms with E-state index < -0.39 is 37.4 Å². The van der Waals surface area contributed by atoms with Gasteiger partial charge in [-0.1, -0.05) is 77.6 Å². The molecule has 7 nitrogen and oxygen atoms in total. The number of aliphatic hydroxyl groups excluding tert-OH is 3. The van der Waals surface area contributed by atoms with Crippen molar-refractivity contribution in [1.82, 2.24) is 0 Å². The van der Waals surface area contributed by atoms with Gasteiger partial charge in [-0.3, -0.25) is 9.59 Å². The number of rotatable bonds is 22. The first-order valence-electron chi connectivity index (χ1n) is 12.7. The lowest BCUT2D eigenvalue weighted by molar-refractivity contribution is -0.160. The average Bonchev–Trinajstić information content (AvgIpc) is 2.75. The summed E-state index contributed by atoms with van der Waals surface area (Å²) in [6.07, 6.45) is 14.4. The standard InChI is InChI=1S/C25H48O7/c1-3-4-5-6-7-8-9-10-11-12-13-15-22(29)16-14-17-23(31-21(2)28)18-25(30)32-24(19-26)20-27/h22-24,26-27,29H,3-20H2,1-2H3. The maximum absolute atomic E-state index is 11.9. The number of aliphatic hydroxyl groups is 3. The Hall–Kier alpha value is -1.18. The van der Waals surface area contributed by atoms with Gasteiger partial charge in [-0.2, -0.15) is 0 Å². The van der Waals surface area contributed by atoms with Crippen LogP contribution in [0.3, 0.4) is 0 Å². The van der Waals surface area contributed by atoms with Crippen molar-refractivity contribution >= 4 is 11.9 Å². The van der Waals surface area contributed by atoms with Crippen LogP contribution in [0.2, 0.25) is 0 Å². The molecule has 0 aliphatic carbocycles. The van der Waals surface area contributed by atoms with Crippen LogP contribution in [-0.4, -0.2) is 58.8 Å². The van der Waals surface area contributed by atoms with Crippen LogP contribution < -0.4 is 0 Å². The zero-order valence-electron chi connectivity index (χ0n) is 20.4. The van der Waals surface area contributed by atoms with Crippen molar-refractivity contribution in [1.29, 1.82) is 0 Å². The van der Waals surface area contributed by atoms with Gasteiger partial charge < -0.3 is 24.8 Å². The van der Waals surface area contributed by atoms with Crippen LogP contribution in [0.15, 0.2) is 0 Å². The highest BCUT2D eigenvalue weighted by Gasteiger charge is 2.21. The van der Waals surface area contributed by atoms with Gasteiger partial charge in [0.25, 0.3) is 0 Å². The highest BCUT2D eigenvalue weighted by molar-refractivity contribution is 5.71. The smallest absolute Gasteiger partial charge is 0.309 e. The van der Waals surface area contributed by atoms with Gasteiger partial charge in [0.1, 0.15) is 12.2 Å². The van der Waals surface area contributed by atoms with E-state index in [1.807, 2.05) is 0 Å². The van der Waals surface area contributed by atoms with Crippen LogP contribution in [0.1, 0.15) is 117 Å². The van der Waals surface area contributed by atoms with E-state index in [1.54, 1.807) is 0 Å². The Labute approximate surface area is 194 Å². The number of unbranched alkanes of at least 4 members (excludes halogenated alkanes) is 10. The van der Waals surface area contributed by atoms with Crippen LogP contribution in [0.25, 0.3) is 0 Å². The van der Waals surface area contributed by atoms with Crippen LogP contribution in [0.4, 0.5) is 0 Å². The molecule has 0 aromatic heterocycles. The molecule has 0 aromatic carbocycles. The van der Waals surface area contributed by atoms with E-state index in [2.05, 4.69) is 6.92 Å². The first-order valence-corrected chi connectivity index (χ1v) is 12.7. The Morgan fingerprint density at radius 3 is 1.69 bits per heavy atom. The summed E-state index contributed by atoms with van der Waals surface area (Å²) in [5.41, 5.74) is 0. The van der Waals surface area contributed by atoms with Crippen molar-refractivity contribution in [3.63, 3.8) is 0 Å². The van der Waals surface area contributed by atoms with E-state index in [0.29, 0.717) is 19.3 Å². The lowest BCUT2D eigenvalue weighted by Crippen LogP contribution is -2.29. The van der Waals surface area contributed by atoms with E-state index >= 15 is 0 Å². The Kier molecular flexibility index (Phi) is 20.9. The van der Waals surface area contributed by atoms with Gasteiger partial charge >= 0.3 is 11.9 Å². The van der Waals surface area contributed by atoms with Crippen molar-refractivity contribution in [2.75, 3.05) is 13.2 Å². The maximum atomic E-state index is 11.9. The third-order valence-electron chi connectivity index (χ3n) is 5.64. The summed E-state index contributed by atoms with van der Waals surface area (Å²) in [7, 11) is 0. The lowest BCUT2D eigenvalue weighted by atomic mass is 10.0. The van der Waals surface area contributed by atoms with Gasteiger partial charge in [-0.25, -0.2) is 0 Å². The molecule has 0 bridgehead atoms. The Morgan fingerprint density at radius 1 is 0.688 bits per heavy atom. The first kappa shape index (κ1) is 30.8. The summed E-state index contributed by atoms with van der Waals surface area (Å²) in [6.45, 7) is 2.59. The number of hydrogen-bond acceptors (Lipinski definition) is 7. The summed E-state index contributed by atoms with van der Waals surface area (Å²) in [4.78, 5) is 23.2. The maximum Gasteiger partial charge on any atom is 0.309 e. The average molecular weight is 461 g/mol. The van der Waals surface area contributed by atoms with Gasteiger partial charge in [0.15, 0.2) is 0 Å². The second-order valence-corrected chi connectivity index (χ2v) is 8.82.